The number of hydrogen-bond donors (Lipinski definition) is 0. The van der Waals surface area contributed by atoms with E-state index in [0.717, 1.165) is 37.5 Å². The Hall–Kier alpha value is -1.55. The largest absolute Gasteiger partial charge is 0.496 e. The highest BCUT2D eigenvalue weighted by atomic mass is 16.5. The van der Waals surface area contributed by atoms with Crippen LogP contribution in [0.2, 0.25) is 0 Å². The summed E-state index contributed by atoms with van der Waals surface area (Å²) in [6.07, 6.45) is 0.424. The lowest BCUT2D eigenvalue weighted by Gasteiger charge is -2.32. The van der Waals surface area contributed by atoms with Crippen molar-refractivity contribution in [1.82, 2.24) is 9.80 Å². The van der Waals surface area contributed by atoms with Crippen molar-refractivity contribution in [2.24, 2.45) is 0 Å². The molecular formula is C14H20N2O2. The number of rotatable bonds is 3. The van der Waals surface area contributed by atoms with Crippen LogP contribution in [0.25, 0.3) is 0 Å². The molecule has 2 rings (SSSR count). The standard InChI is InChI=1S/C14H20N2O2/c1-15-7-9-16(10-8-15)14(17)11-12-5-3-4-6-13(12)18-2/h3-6H,7-11H2,1-2H3. The van der Waals surface area contributed by atoms with Crippen molar-refractivity contribution in [1.29, 1.82) is 0 Å². The Bertz CT molecular complexity index is 412. The van der Waals surface area contributed by atoms with E-state index in [-0.39, 0.29) is 5.91 Å². The molecular weight excluding hydrogens is 228 g/mol. The molecule has 0 aliphatic carbocycles. The molecule has 0 aromatic heterocycles. The van der Waals surface area contributed by atoms with E-state index in [4.69, 9.17) is 4.74 Å². The molecule has 1 saturated heterocycles. The summed E-state index contributed by atoms with van der Waals surface area (Å²) in [5.74, 6) is 0.979. The maximum Gasteiger partial charge on any atom is 0.227 e. The number of ether oxygens (including phenoxy) is 1. The first-order valence-corrected chi connectivity index (χ1v) is 6.29. The normalized spacial score (nSPS) is 16.7. The second-order valence-electron chi connectivity index (χ2n) is 4.67. The minimum atomic E-state index is 0.188. The molecule has 1 aliphatic rings. The Balaban J connectivity index is 1.98. The fourth-order valence-electron chi connectivity index (χ4n) is 2.18. The van der Waals surface area contributed by atoms with Crippen LogP contribution >= 0.6 is 0 Å². The van der Waals surface area contributed by atoms with Crippen molar-refractivity contribution in [3.05, 3.63) is 29.8 Å². The molecule has 0 spiro atoms. The summed E-state index contributed by atoms with van der Waals surface area (Å²) in [7, 11) is 3.72. The van der Waals surface area contributed by atoms with Gasteiger partial charge < -0.3 is 14.5 Å². The van der Waals surface area contributed by atoms with Crippen LogP contribution in [0.3, 0.4) is 0 Å². The van der Waals surface area contributed by atoms with E-state index in [1.165, 1.54) is 0 Å². The molecule has 1 amide bonds. The molecule has 0 N–H and O–H groups in total. The highest BCUT2D eigenvalue weighted by Crippen LogP contribution is 2.18. The van der Waals surface area contributed by atoms with Gasteiger partial charge in [-0.15, -0.1) is 0 Å². The number of nitrogens with zero attached hydrogens (tertiary/aromatic N) is 2. The van der Waals surface area contributed by atoms with Crippen molar-refractivity contribution in [2.45, 2.75) is 6.42 Å². The molecule has 0 radical (unpaired) electrons. The minimum absolute atomic E-state index is 0.188. The number of amides is 1. The zero-order chi connectivity index (χ0) is 13.0. The zero-order valence-corrected chi connectivity index (χ0v) is 11.1. The summed E-state index contributed by atoms with van der Waals surface area (Å²) in [5, 5.41) is 0. The van der Waals surface area contributed by atoms with Crippen LogP contribution < -0.4 is 4.74 Å². The summed E-state index contributed by atoms with van der Waals surface area (Å²) in [5.41, 5.74) is 0.962. The Morgan fingerprint density at radius 1 is 1.22 bits per heavy atom. The summed E-state index contributed by atoms with van der Waals surface area (Å²) in [6, 6.07) is 7.71. The van der Waals surface area contributed by atoms with Crippen molar-refractivity contribution >= 4 is 5.91 Å². The van der Waals surface area contributed by atoms with Crippen LogP contribution in [-0.4, -0.2) is 56.0 Å². The van der Waals surface area contributed by atoms with Crippen molar-refractivity contribution in [2.75, 3.05) is 40.3 Å². The molecule has 1 aromatic carbocycles. The maximum absolute atomic E-state index is 12.2. The van der Waals surface area contributed by atoms with Crippen LogP contribution in [0.5, 0.6) is 5.75 Å². The topological polar surface area (TPSA) is 32.8 Å². The van der Waals surface area contributed by atoms with Gasteiger partial charge in [-0.25, -0.2) is 0 Å². The van der Waals surface area contributed by atoms with Crippen LogP contribution in [0.4, 0.5) is 0 Å². The van der Waals surface area contributed by atoms with Crippen LogP contribution in [-0.2, 0) is 11.2 Å². The zero-order valence-electron chi connectivity index (χ0n) is 11.1. The number of carbonyl (C=O) groups is 1. The van der Waals surface area contributed by atoms with Gasteiger partial charge in [0.15, 0.2) is 0 Å². The van der Waals surface area contributed by atoms with Gasteiger partial charge in [-0.3, -0.25) is 4.79 Å². The fraction of sp³-hybridized carbons (Fsp3) is 0.500. The van der Waals surface area contributed by atoms with E-state index < -0.39 is 0 Å². The average molecular weight is 248 g/mol. The first kappa shape index (κ1) is 12.9. The quantitative estimate of drug-likeness (QED) is 0.800. The number of carbonyl (C=O) groups excluding carboxylic acids is 1. The van der Waals surface area contributed by atoms with Crippen molar-refractivity contribution in [3.8, 4) is 5.75 Å². The summed E-state index contributed by atoms with van der Waals surface area (Å²) >= 11 is 0. The molecule has 1 heterocycles. The fourth-order valence-corrected chi connectivity index (χ4v) is 2.18. The van der Waals surface area contributed by atoms with Crippen molar-refractivity contribution < 1.29 is 9.53 Å². The average Bonchev–Trinajstić information content (AvgIpc) is 2.40. The van der Waals surface area contributed by atoms with E-state index in [1.54, 1.807) is 7.11 Å². The van der Waals surface area contributed by atoms with E-state index in [1.807, 2.05) is 29.2 Å². The molecule has 4 nitrogen and oxygen atoms in total. The molecule has 98 valence electrons. The third kappa shape index (κ3) is 3.01. The van der Waals surface area contributed by atoms with Crippen LogP contribution in [0.15, 0.2) is 24.3 Å². The van der Waals surface area contributed by atoms with Gasteiger partial charge in [0, 0.05) is 31.7 Å². The lowest BCUT2D eigenvalue weighted by molar-refractivity contribution is -0.132. The molecule has 1 aromatic rings. The number of piperazine rings is 1. The van der Waals surface area contributed by atoms with Gasteiger partial charge in [-0.05, 0) is 13.1 Å². The third-order valence-electron chi connectivity index (χ3n) is 3.39. The second kappa shape index (κ2) is 5.87. The van der Waals surface area contributed by atoms with Gasteiger partial charge in [-0.2, -0.15) is 0 Å². The highest BCUT2D eigenvalue weighted by molar-refractivity contribution is 5.79. The number of likely N-dealkylation sites (N-methyl/N-ethyl adjacent to an activating group) is 1. The van der Waals surface area contributed by atoms with Gasteiger partial charge in [0.1, 0.15) is 5.75 Å². The molecule has 0 atom stereocenters. The van der Waals surface area contributed by atoms with Crippen LogP contribution in [0, 0.1) is 0 Å². The summed E-state index contributed by atoms with van der Waals surface area (Å²) in [6.45, 7) is 3.56. The second-order valence-corrected chi connectivity index (χ2v) is 4.67. The predicted molar refractivity (Wildman–Crippen MR) is 70.8 cm³/mol. The van der Waals surface area contributed by atoms with Gasteiger partial charge >= 0.3 is 0 Å². The number of methoxy groups -OCH3 is 1. The van der Waals surface area contributed by atoms with Crippen molar-refractivity contribution in [3.63, 3.8) is 0 Å². The highest BCUT2D eigenvalue weighted by Gasteiger charge is 2.19. The Morgan fingerprint density at radius 2 is 1.89 bits per heavy atom. The Morgan fingerprint density at radius 3 is 2.56 bits per heavy atom. The Kier molecular flexibility index (Phi) is 4.20. The molecule has 4 heteroatoms. The first-order chi connectivity index (χ1) is 8.70. The van der Waals surface area contributed by atoms with Gasteiger partial charge in [-0.1, -0.05) is 18.2 Å². The number of para-hydroxylation sites is 1. The van der Waals surface area contributed by atoms with Gasteiger partial charge in [0.2, 0.25) is 5.91 Å². The number of hydrogen-bond acceptors (Lipinski definition) is 3. The SMILES string of the molecule is COc1ccccc1CC(=O)N1CCN(C)CC1. The molecule has 18 heavy (non-hydrogen) atoms. The summed E-state index contributed by atoms with van der Waals surface area (Å²) < 4.78 is 5.27. The van der Waals surface area contributed by atoms with Gasteiger partial charge in [0.05, 0.1) is 13.5 Å². The van der Waals surface area contributed by atoms with E-state index in [0.29, 0.717) is 6.42 Å². The Labute approximate surface area is 108 Å². The predicted octanol–water partition coefficient (Wildman–Crippen LogP) is 1.01. The summed E-state index contributed by atoms with van der Waals surface area (Å²) in [4.78, 5) is 16.4. The smallest absolute Gasteiger partial charge is 0.227 e. The minimum Gasteiger partial charge on any atom is -0.496 e. The lowest BCUT2D eigenvalue weighted by atomic mass is 10.1. The van der Waals surface area contributed by atoms with Gasteiger partial charge in [0.25, 0.3) is 0 Å². The molecule has 0 unspecified atom stereocenters. The van der Waals surface area contributed by atoms with E-state index in [2.05, 4.69) is 11.9 Å². The molecule has 1 fully saturated rings. The first-order valence-electron chi connectivity index (χ1n) is 6.29. The molecule has 0 saturated carbocycles. The monoisotopic (exact) mass is 248 g/mol. The third-order valence-corrected chi connectivity index (χ3v) is 3.39. The number of benzene rings is 1. The van der Waals surface area contributed by atoms with Crippen LogP contribution in [0.1, 0.15) is 5.56 Å². The maximum atomic E-state index is 12.2. The molecule has 0 bridgehead atoms. The lowest BCUT2D eigenvalue weighted by Crippen LogP contribution is -2.47. The van der Waals surface area contributed by atoms with E-state index in [9.17, 15) is 4.79 Å². The molecule has 1 aliphatic heterocycles. The van der Waals surface area contributed by atoms with E-state index >= 15 is 0 Å².